The summed E-state index contributed by atoms with van der Waals surface area (Å²) in [4.78, 5) is 2.63. The minimum atomic E-state index is 0.906. The largest absolute Gasteiger partial charge is 0.303 e. The Hall–Kier alpha value is -0.0400. The average molecular weight is 239 g/mol. The first kappa shape index (κ1) is 15.0. The smallest absolute Gasteiger partial charge is 0.00922 e. The first-order valence-corrected chi connectivity index (χ1v) is 8.05. The molecule has 102 valence electrons. The molecule has 1 aliphatic rings. The predicted molar refractivity (Wildman–Crippen MR) is 77.5 cm³/mol. The Labute approximate surface area is 109 Å². The molecule has 0 saturated heterocycles. The van der Waals surface area contributed by atoms with Crippen molar-refractivity contribution in [3.63, 3.8) is 0 Å². The highest BCUT2D eigenvalue weighted by atomic mass is 15.1. The highest BCUT2D eigenvalue weighted by Gasteiger charge is 2.16. The Bertz CT molecular complexity index is 161. The van der Waals surface area contributed by atoms with Gasteiger partial charge in [-0.3, -0.25) is 0 Å². The molecule has 1 rings (SSSR count). The Morgan fingerprint density at radius 3 is 2.06 bits per heavy atom. The van der Waals surface area contributed by atoms with Crippen molar-refractivity contribution < 1.29 is 0 Å². The number of rotatable bonds is 9. The van der Waals surface area contributed by atoms with Gasteiger partial charge in [-0.1, -0.05) is 64.7 Å². The lowest BCUT2D eigenvalue weighted by Crippen LogP contribution is -2.34. The van der Waals surface area contributed by atoms with Crippen LogP contribution in [-0.2, 0) is 0 Å². The van der Waals surface area contributed by atoms with E-state index in [1.165, 1.54) is 83.6 Å². The summed E-state index contributed by atoms with van der Waals surface area (Å²) >= 11 is 0. The number of hydrogen-bond donors (Lipinski definition) is 0. The second-order valence-electron chi connectivity index (χ2n) is 5.89. The van der Waals surface area contributed by atoms with Crippen LogP contribution in [0, 0.1) is 0 Å². The third-order valence-electron chi connectivity index (χ3n) is 4.31. The van der Waals surface area contributed by atoms with Gasteiger partial charge >= 0.3 is 0 Å². The van der Waals surface area contributed by atoms with Gasteiger partial charge in [0.05, 0.1) is 0 Å². The number of unbranched alkanes of at least 4 members (excludes halogenated alkanes) is 6. The van der Waals surface area contributed by atoms with Gasteiger partial charge < -0.3 is 4.90 Å². The molecule has 1 heteroatoms. The molecule has 0 bridgehead atoms. The Balaban J connectivity index is 1.90. The van der Waals surface area contributed by atoms with Crippen molar-refractivity contribution in [2.24, 2.45) is 0 Å². The van der Waals surface area contributed by atoms with E-state index in [2.05, 4.69) is 18.9 Å². The zero-order chi connectivity index (χ0) is 12.3. The van der Waals surface area contributed by atoms with E-state index in [1.54, 1.807) is 0 Å². The summed E-state index contributed by atoms with van der Waals surface area (Å²) in [5, 5.41) is 0. The molecule has 1 nitrogen and oxygen atoms in total. The molecule has 0 aromatic heterocycles. The van der Waals surface area contributed by atoms with Gasteiger partial charge in [0.1, 0.15) is 0 Å². The average Bonchev–Trinajstić information content (AvgIpc) is 2.38. The first-order valence-electron chi connectivity index (χ1n) is 8.05. The van der Waals surface area contributed by atoms with Gasteiger partial charge in [-0.05, 0) is 32.9 Å². The second-order valence-corrected chi connectivity index (χ2v) is 5.89. The molecule has 0 amide bonds. The van der Waals surface area contributed by atoms with Gasteiger partial charge in [0.15, 0.2) is 0 Å². The summed E-state index contributed by atoms with van der Waals surface area (Å²) < 4.78 is 0. The maximum absolute atomic E-state index is 2.63. The monoisotopic (exact) mass is 239 g/mol. The minimum Gasteiger partial charge on any atom is -0.303 e. The van der Waals surface area contributed by atoms with E-state index in [1.807, 2.05) is 0 Å². The van der Waals surface area contributed by atoms with Crippen molar-refractivity contribution in [2.75, 3.05) is 13.6 Å². The van der Waals surface area contributed by atoms with Crippen molar-refractivity contribution >= 4 is 0 Å². The standard InChI is InChI=1S/C16H33N/c1-3-4-5-6-7-8-12-15-17(2)16-13-10-9-11-14-16/h16H,3-15H2,1-2H3. The quantitative estimate of drug-likeness (QED) is 0.512. The fourth-order valence-corrected chi connectivity index (χ4v) is 3.02. The molecule has 1 aliphatic carbocycles. The summed E-state index contributed by atoms with van der Waals surface area (Å²) in [5.41, 5.74) is 0. The molecule has 0 heterocycles. The molecule has 0 N–H and O–H groups in total. The van der Waals surface area contributed by atoms with E-state index in [0.29, 0.717) is 0 Å². The van der Waals surface area contributed by atoms with Crippen LogP contribution in [0.25, 0.3) is 0 Å². The van der Waals surface area contributed by atoms with Crippen LogP contribution in [0.5, 0.6) is 0 Å². The van der Waals surface area contributed by atoms with Crippen LogP contribution in [-0.4, -0.2) is 24.5 Å². The zero-order valence-corrected chi connectivity index (χ0v) is 12.2. The van der Waals surface area contributed by atoms with Gasteiger partial charge in [-0.25, -0.2) is 0 Å². The second kappa shape index (κ2) is 9.94. The normalized spacial score (nSPS) is 17.8. The molecule has 1 fully saturated rings. The van der Waals surface area contributed by atoms with Crippen molar-refractivity contribution in [1.82, 2.24) is 4.90 Å². The van der Waals surface area contributed by atoms with Gasteiger partial charge in [-0.15, -0.1) is 0 Å². The molecule has 0 aromatic rings. The van der Waals surface area contributed by atoms with Crippen LogP contribution < -0.4 is 0 Å². The van der Waals surface area contributed by atoms with Crippen molar-refractivity contribution in [3.8, 4) is 0 Å². The molecule has 0 atom stereocenters. The Morgan fingerprint density at radius 2 is 1.41 bits per heavy atom. The minimum absolute atomic E-state index is 0.906. The van der Waals surface area contributed by atoms with Crippen LogP contribution in [0.1, 0.15) is 84.0 Å². The molecule has 0 aromatic carbocycles. The lowest BCUT2D eigenvalue weighted by molar-refractivity contribution is 0.188. The molecular formula is C16H33N. The van der Waals surface area contributed by atoms with Crippen LogP contribution in [0.3, 0.4) is 0 Å². The Morgan fingerprint density at radius 1 is 0.824 bits per heavy atom. The summed E-state index contributed by atoms with van der Waals surface area (Å²) in [5.74, 6) is 0. The van der Waals surface area contributed by atoms with Crippen molar-refractivity contribution in [1.29, 1.82) is 0 Å². The van der Waals surface area contributed by atoms with Crippen molar-refractivity contribution in [3.05, 3.63) is 0 Å². The first-order chi connectivity index (χ1) is 8.34. The van der Waals surface area contributed by atoms with Gasteiger partial charge in [0.25, 0.3) is 0 Å². The third-order valence-corrected chi connectivity index (χ3v) is 4.31. The molecule has 0 unspecified atom stereocenters. The summed E-state index contributed by atoms with van der Waals surface area (Å²) in [6.07, 6.45) is 17.3. The van der Waals surface area contributed by atoms with Crippen LogP contribution in [0.4, 0.5) is 0 Å². The third kappa shape index (κ3) is 7.08. The lowest BCUT2D eigenvalue weighted by atomic mass is 9.94. The van der Waals surface area contributed by atoms with Gasteiger partial charge in [0, 0.05) is 6.04 Å². The topological polar surface area (TPSA) is 3.24 Å². The summed E-state index contributed by atoms with van der Waals surface area (Å²) in [6.45, 7) is 3.62. The molecule has 1 saturated carbocycles. The van der Waals surface area contributed by atoms with E-state index in [-0.39, 0.29) is 0 Å². The summed E-state index contributed by atoms with van der Waals surface area (Å²) in [7, 11) is 2.34. The molecular weight excluding hydrogens is 206 g/mol. The molecule has 17 heavy (non-hydrogen) atoms. The predicted octanol–water partition coefficient (Wildman–Crippen LogP) is 5.00. The highest BCUT2D eigenvalue weighted by molar-refractivity contribution is 4.73. The van der Waals surface area contributed by atoms with Crippen LogP contribution >= 0.6 is 0 Å². The highest BCUT2D eigenvalue weighted by Crippen LogP contribution is 2.21. The SMILES string of the molecule is CCCCCCCCCN(C)C1CCCCC1. The zero-order valence-electron chi connectivity index (χ0n) is 12.2. The van der Waals surface area contributed by atoms with Crippen molar-refractivity contribution in [2.45, 2.75) is 90.0 Å². The molecule has 0 spiro atoms. The van der Waals surface area contributed by atoms with Gasteiger partial charge in [-0.2, -0.15) is 0 Å². The van der Waals surface area contributed by atoms with E-state index < -0.39 is 0 Å². The van der Waals surface area contributed by atoms with E-state index in [4.69, 9.17) is 0 Å². The fraction of sp³-hybridized carbons (Fsp3) is 1.00. The van der Waals surface area contributed by atoms with Gasteiger partial charge in [0.2, 0.25) is 0 Å². The van der Waals surface area contributed by atoms with E-state index in [9.17, 15) is 0 Å². The van der Waals surface area contributed by atoms with Crippen LogP contribution in [0.2, 0.25) is 0 Å². The lowest BCUT2D eigenvalue weighted by Gasteiger charge is -2.31. The number of hydrogen-bond acceptors (Lipinski definition) is 1. The molecule has 0 aliphatic heterocycles. The van der Waals surface area contributed by atoms with E-state index >= 15 is 0 Å². The maximum atomic E-state index is 2.63. The maximum Gasteiger partial charge on any atom is 0.00922 e. The van der Waals surface area contributed by atoms with E-state index in [0.717, 1.165) is 6.04 Å². The number of nitrogens with zero attached hydrogens (tertiary/aromatic N) is 1. The summed E-state index contributed by atoms with van der Waals surface area (Å²) in [6, 6.07) is 0.906. The van der Waals surface area contributed by atoms with Crippen LogP contribution in [0.15, 0.2) is 0 Å². The fourth-order valence-electron chi connectivity index (χ4n) is 3.02. The Kier molecular flexibility index (Phi) is 8.78. The molecule has 0 radical (unpaired) electrons.